The number of nitro groups is 1. The Morgan fingerprint density at radius 1 is 1.28 bits per heavy atom. The highest BCUT2D eigenvalue weighted by molar-refractivity contribution is 6.11. The van der Waals surface area contributed by atoms with Gasteiger partial charge in [-0.2, -0.15) is 0 Å². The van der Waals surface area contributed by atoms with Crippen molar-refractivity contribution in [1.82, 2.24) is 4.98 Å². The normalized spacial score (nSPS) is 10.1. The van der Waals surface area contributed by atoms with Gasteiger partial charge in [0.15, 0.2) is 0 Å². The summed E-state index contributed by atoms with van der Waals surface area (Å²) >= 11 is 0. The number of para-hydroxylation sites is 1. The maximum Gasteiger partial charge on any atom is 0.283 e. The average molecular weight is 242 g/mol. The summed E-state index contributed by atoms with van der Waals surface area (Å²) in [7, 11) is 0. The van der Waals surface area contributed by atoms with Crippen molar-refractivity contribution in [1.29, 1.82) is 0 Å². The second-order valence-electron chi connectivity index (χ2n) is 3.80. The van der Waals surface area contributed by atoms with E-state index in [0.29, 0.717) is 11.1 Å². The number of nitrogens with zero attached hydrogens (tertiary/aromatic N) is 2. The van der Waals surface area contributed by atoms with Crippen LogP contribution in [-0.4, -0.2) is 15.7 Å². The monoisotopic (exact) mass is 242 g/mol. The van der Waals surface area contributed by atoms with Gasteiger partial charge in [-0.05, 0) is 25.1 Å². The largest absolute Gasteiger partial charge is 0.288 e. The first-order valence-corrected chi connectivity index (χ1v) is 5.30. The number of ketones is 1. The third kappa shape index (κ3) is 2.10. The van der Waals surface area contributed by atoms with Crippen LogP contribution in [0.3, 0.4) is 0 Å². The number of nitro benzene ring substituents is 1. The smallest absolute Gasteiger partial charge is 0.283 e. The third-order valence-electron chi connectivity index (χ3n) is 2.59. The molecule has 0 fully saturated rings. The number of aromatic nitrogens is 1. The quantitative estimate of drug-likeness (QED) is 0.471. The van der Waals surface area contributed by atoms with Gasteiger partial charge in [0, 0.05) is 23.5 Å². The Morgan fingerprint density at radius 3 is 2.67 bits per heavy atom. The molecule has 0 radical (unpaired) electrons. The van der Waals surface area contributed by atoms with Gasteiger partial charge in [-0.15, -0.1) is 0 Å². The second-order valence-corrected chi connectivity index (χ2v) is 3.80. The summed E-state index contributed by atoms with van der Waals surface area (Å²) in [6.07, 6.45) is 2.94. The molecule has 0 aliphatic heterocycles. The number of rotatable bonds is 3. The third-order valence-corrected chi connectivity index (χ3v) is 2.59. The molecule has 2 aromatic rings. The molecule has 1 aromatic carbocycles. The summed E-state index contributed by atoms with van der Waals surface area (Å²) < 4.78 is 0. The highest BCUT2D eigenvalue weighted by Crippen LogP contribution is 2.25. The van der Waals surface area contributed by atoms with Gasteiger partial charge in [-0.1, -0.05) is 12.1 Å². The Morgan fingerprint density at radius 2 is 2.06 bits per heavy atom. The fourth-order valence-corrected chi connectivity index (χ4v) is 1.74. The molecule has 0 aliphatic rings. The zero-order valence-corrected chi connectivity index (χ0v) is 9.66. The van der Waals surface area contributed by atoms with E-state index in [1.54, 1.807) is 37.4 Å². The minimum atomic E-state index is -0.529. The van der Waals surface area contributed by atoms with Gasteiger partial charge < -0.3 is 0 Å². The fraction of sp³-hybridized carbons (Fsp3) is 0.0769. The van der Waals surface area contributed by atoms with Gasteiger partial charge in [0.25, 0.3) is 5.69 Å². The molecule has 0 saturated heterocycles. The Hall–Kier alpha value is -2.56. The Kier molecular flexibility index (Phi) is 3.14. The number of pyridine rings is 1. The molecule has 5 heteroatoms. The van der Waals surface area contributed by atoms with E-state index < -0.39 is 10.7 Å². The van der Waals surface area contributed by atoms with Crippen molar-refractivity contribution in [3.05, 3.63) is 69.5 Å². The van der Waals surface area contributed by atoms with Crippen molar-refractivity contribution in [2.45, 2.75) is 6.92 Å². The number of benzene rings is 1. The summed E-state index contributed by atoms with van der Waals surface area (Å²) in [5.74, 6) is -0.390. The summed E-state index contributed by atoms with van der Waals surface area (Å²) in [5, 5.41) is 11.0. The summed E-state index contributed by atoms with van der Waals surface area (Å²) in [6.45, 7) is 1.61. The SMILES string of the molecule is Cc1cccc(C(=O)c2cccnc2)c1[N+](=O)[O-]. The van der Waals surface area contributed by atoms with Crippen molar-refractivity contribution in [2.24, 2.45) is 0 Å². The Balaban J connectivity index is 2.56. The molecule has 0 unspecified atom stereocenters. The van der Waals surface area contributed by atoms with Crippen molar-refractivity contribution in [3.8, 4) is 0 Å². The van der Waals surface area contributed by atoms with E-state index >= 15 is 0 Å². The minimum absolute atomic E-state index is 0.0907. The molecule has 0 N–H and O–H groups in total. The standard InChI is InChI=1S/C13H10N2O3/c1-9-4-2-6-11(12(9)15(17)18)13(16)10-5-3-7-14-8-10/h2-8H,1H3. The van der Waals surface area contributed by atoms with Gasteiger partial charge in [-0.3, -0.25) is 19.9 Å². The van der Waals surface area contributed by atoms with Crippen LogP contribution in [0.5, 0.6) is 0 Å². The molecule has 2 rings (SSSR count). The van der Waals surface area contributed by atoms with Gasteiger partial charge in [0.1, 0.15) is 5.56 Å². The summed E-state index contributed by atoms with van der Waals surface area (Å²) in [5.41, 5.74) is 0.750. The molecule has 18 heavy (non-hydrogen) atoms. The molecule has 0 aliphatic carbocycles. The number of aryl methyl sites for hydroxylation is 1. The molecule has 0 spiro atoms. The van der Waals surface area contributed by atoms with Crippen LogP contribution in [0.4, 0.5) is 5.69 Å². The van der Waals surface area contributed by atoms with E-state index in [1.807, 2.05) is 0 Å². The van der Waals surface area contributed by atoms with Crippen LogP contribution in [0.15, 0.2) is 42.7 Å². The maximum absolute atomic E-state index is 12.2. The molecular weight excluding hydrogens is 232 g/mol. The predicted octanol–water partition coefficient (Wildman–Crippen LogP) is 2.53. The highest BCUT2D eigenvalue weighted by atomic mass is 16.6. The summed E-state index contributed by atoms with van der Waals surface area (Å²) in [6, 6.07) is 7.90. The molecule has 1 aromatic heterocycles. The molecule has 0 atom stereocenters. The van der Waals surface area contributed by atoms with Crippen LogP contribution >= 0.6 is 0 Å². The van der Waals surface area contributed by atoms with Crippen molar-refractivity contribution < 1.29 is 9.72 Å². The number of hydrogen-bond donors (Lipinski definition) is 0. The van der Waals surface area contributed by atoms with E-state index in [1.165, 1.54) is 12.3 Å². The second kappa shape index (κ2) is 4.75. The Labute approximate surface area is 103 Å². The number of carbonyl (C=O) groups excluding carboxylic acids is 1. The number of hydrogen-bond acceptors (Lipinski definition) is 4. The van der Waals surface area contributed by atoms with E-state index in [4.69, 9.17) is 0 Å². The lowest BCUT2D eigenvalue weighted by atomic mass is 10.0. The molecule has 0 bridgehead atoms. The van der Waals surface area contributed by atoms with Crippen LogP contribution in [-0.2, 0) is 0 Å². The fourth-order valence-electron chi connectivity index (χ4n) is 1.74. The molecular formula is C13H10N2O3. The van der Waals surface area contributed by atoms with Crippen LogP contribution in [0.25, 0.3) is 0 Å². The first-order chi connectivity index (χ1) is 8.61. The molecule has 0 saturated carbocycles. The summed E-state index contributed by atoms with van der Waals surface area (Å²) in [4.78, 5) is 26.5. The molecule has 1 heterocycles. The highest BCUT2D eigenvalue weighted by Gasteiger charge is 2.23. The van der Waals surface area contributed by atoms with Crippen LogP contribution in [0.2, 0.25) is 0 Å². The first kappa shape index (κ1) is 11.9. The zero-order valence-electron chi connectivity index (χ0n) is 9.66. The van der Waals surface area contributed by atoms with Gasteiger partial charge in [-0.25, -0.2) is 0 Å². The lowest BCUT2D eigenvalue weighted by molar-refractivity contribution is -0.385. The van der Waals surface area contributed by atoms with Crippen LogP contribution in [0, 0.1) is 17.0 Å². The van der Waals surface area contributed by atoms with E-state index in [9.17, 15) is 14.9 Å². The maximum atomic E-state index is 12.2. The topological polar surface area (TPSA) is 73.1 Å². The van der Waals surface area contributed by atoms with E-state index in [-0.39, 0.29) is 11.3 Å². The lowest BCUT2D eigenvalue weighted by Gasteiger charge is -2.04. The molecule has 0 amide bonds. The van der Waals surface area contributed by atoms with Crippen molar-refractivity contribution in [3.63, 3.8) is 0 Å². The van der Waals surface area contributed by atoms with Crippen molar-refractivity contribution in [2.75, 3.05) is 0 Å². The zero-order chi connectivity index (χ0) is 13.1. The Bertz CT molecular complexity index is 609. The van der Waals surface area contributed by atoms with Gasteiger partial charge >= 0.3 is 0 Å². The van der Waals surface area contributed by atoms with Gasteiger partial charge in [0.05, 0.1) is 4.92 Å². The van der Waals surface area contributed by atoms with Crippen molar-refractivity contribution >= 4 is 11.5 Å². The van der Waals surface area contributed by atoms with Crippen LogP contribution in [0.1, 0.15) is 21.5 Å². The predicted molar refractivity (Wildman–Crippen MR) is 65.5 cm³/mol. The first-order valence-electron chi connectivity index (χ1n) is 5.30. The van der Waals surface area contributed by atoms with Crippen LogP contribution < -0.4 is 0 Å². The number of carbonyl (C=O) groups is 1. The van der Waals surface area contributed by atoms with Gasteiger partial charge in [0.2, 0.25) is 5.78 Å². The van der Waals surface area contributed by atoms with E-state index in [2.05, 4.69) is 4.98 Å². The van der Waals surface area contributed by atoms with E-state index in [0.717, 1.165) is 0 Å². The lowest BCUT2D eigenvalue weighted by Crippen LogP contribution is -2.06. The minimum Gasteiger partial charge on any atom is -0.288 e. The molecule has 5 nitrogen and oxygen atoms in total. The average Bonchev–Trinajstić information content (AvgIpc) is 2.38. The molecule has 90 valence electrons.